The number of nitrogens with zero attached hydrogens (tertiary/aromatic N) is 2. The van der Waals surface area contributed by atoms with Gasteiger partial charge in [0.15, 0.2) is 0 Å². The fraction of sp³-hybridized carbons (Fsp3) is 0.333. The van der Waals surface area contributed by atoms with Crippen LogP contribution in [0.25, 0.3) is 0 Å². The lowest BCUT2D eigenvalue weighted by Gasteiger charge is -2.33. The standard InChI is InChI=1S/C30H35Cl2N3O4S/c1-5-27(30(37)33-18-21(2)3)34(19-23-10-6-7-11-25(23)31)29(36)20-35(28-13-9-8-12-26(28)32)40(38,39)24-16-14-22(4)15-17-24/h6-17,21,27H,5,18-20H2,1-4H3,(H,33,37). The van der Waals surface area contributed by atoms with Crippen LogP contribution in [0.2, 0.25) is 10.0 Å². The lowest BCUT2D eigenvalue weighted by Crippen LogP contribution is -2.52. The van der Waals surface area contributed by atoms with E-state index in [9.17, 15) is 18.0 Å². The number of amides is 2. The van der Waals surface area contributed by atoms with E-state index in [4.69, 9.17) is 23.2 Å². The topological polar surface area (TPSA) is 86.8 Å². The summed E-state index contributed by atoms with van der Waals surface area (Å²) in [5, 5.41) is 3.52. The Bertz CT molecular complexity index is 1430. The molecule has 0 spiro atoms. The monoisotopic (exact) mass is 603 g/mol. The molecule has 0 saturated carbocycles. The van der Waals surface area contributed by atoms with Gasteiger partial charge in [-0.05, 0) is 55.2 Å². The quantitative estimate of drug-likeness (QED) is 0.272. The van der Waals surface area contributed by atoms with Gasteiger partial charge < -0.3 is 10.2 Å². The van der Waals surface area contributed by atoms with Gasteiger partial charge in [-0.3, -0.25) is 13.9 Å². The summed E-state index contributed by atoms with van der Waals surface area (Å²) in [5.41, 5.74) is 1.69. The van der Waals surface area contributed by atoms with Crippen molar-refractivity contribution in [1.82, 2.24) is 10.2 Å². The highest BCUT2D eigenvalue weighted by Crippen LogP contribution is 2.31. The first-order chi connectivity index (χ1) is 18.9. The molecule has 1 atom stereocenters. The van der Waals surface area contributed by atoms with E-state index >= 15 is 0 Å². The minimum absolute atomic E-state index is 0.0187. The predicted octanol–water partition coefficient (Wildman–Crippen LogP) is 6.08. The molecule has 10 heteroatoms. The van der Waals surface area contributed by atoms with E-state index in [0.29, 0.717) is 23.6 Å². The molecule has 3 aromatic carbocycles. The number of aryl methyl sites for hydroxylation is 1. The van der Waals surface area contributed by atoms with Gasteiger partial charge in [-0.25, -0.2) is 8.42 Å². The maximum atomic E-state index is 14.1. The van der Waals surface area contributed by atoms with Crippen molar-refractivity contribution in [2.75, 3.05) is 17.4 Å². The second-order valence-electron chi connectivity index (χ2n) is 9.95. The predicted molar refractivity (Wildman–Crippen MR) is 161 cm³/mol. The maximum Gasteiger partial charge on any atom is 0.264 e. The fourth-order valence-corrected chi connectivity index (χ4v) is 6.07. The second kappa shape index (κ2) is 14.0. The van der Waals surface area contributed by atoms with Gasteiger partial charge in [-0.15, -0.1) is 0 Å². The molecule has 214 valence electrons. The Hall–Kier alpha value is -3.07. The van der Waals surface area contributed by atoms with Crippen LogP contribution in [-0.4, -0.2) is 44.3 Å². The largest absolute Gasteiger partial charge is 0.354 e. The molecule has 0 radical (unpaired) electrons. The zero-order valence-corrected chi connectivity index (χ0v) is 25.4. The van der Waals surface area contributed by atoms with Gasteiger partial charge in [0.2, 0.25) is 11.8 Å². The summed E-state index contributed by atoms with van der Waals surface area (Å²) in [5.74, 6) is -0.672. The van der Waals surface area contributed by atoms with E-state index < -0.39 is 28.5 Å². The number of anilines is 1. The minimum atomic E-state index is -4.20. The number of benzene rings is 3. The molecule has 0 aromatic heterocycles. The third-order valence-electron chi connectivity index (χ3n) is 6.38. The van der Waals surface area contributed by atoms with E-state index in [2.05, 4.69) is 5.32 Å². The van der Waals surface area contributed by atoms with E-state index in [1.165, 1.54) is 17.0 Å². The number of halogens is 2. The molecule has 0 aliphatic rings. The summed E-state index contributed by atoms with van der Waals surface area (Å²) in [6, 6.07) is 19.0. The first-order valence-electron chi connectivity index (χ1n) is 13.1. The van der Waals surface area contributed by atoms with Crippen molar-refractivity contribution in [1.29, 1.82) is 0 Å². The number of carbonyl (C=O) groups excluding carboxylic acids is 2. The summed E-state index contributed by atoms with van der Waals surface area (Å²) in [6.07, 6.45) is 0.316. The highest BCUT2D eigenvalue weighted by Gasteiger charge is 2.34. The van der Waals surface area contributed by atoms with Crippen LogP contribution in [0, 0.1) is 12.8 Å². The summed E-state index contributed by atoms with van der Waals surface area (Å²) in [7, 11) is -4.20. The Balaban J connectivity index is 2.07. The number of carbonyl (C=O) groups is 2. The van der Waals surface area contributed by atoms with Gasteiger partial charge in [0.05, 0.1) is 15.6 Å². The number of nitrogens with one attached hydrogen (secondary N) is 1. The molecule has 1 unspecified atom stereocenters. The zero-order valence-electron chi connectivity index (χ0n) is 23.1. The van der Waals surface area contributed by atoms with Gasteiger partial charge in [-0.2, -0.15) is 0 Å². The summed E-state index contributed by atoms with van der Waals surface area (Å²) in [4.78, 5) is 28.8. The number of hydrogen-bond donors (Lipinski definition) is 1. The molecule has 0 saturated heterocycles. The Kier molecular flexibility index (Phi) is 11.0. The lowest BCUT2D eigenvalue weighted by molar-refractivity contribution is -0.140. The van der Waals surface area contributed by atoms with Crippen LogP contribution in [0.15, 0.2) is 77.7 Å². The van der Waals surface area contributed by atoms with Crippen LogP contribution in [0.3, 0.4) is 0 Å². The van der Waals surface area contributed by atoms with E-state index in [-0.39, 0.29) is 34.0 Å². The Labute approximate surface area is 247 Å². The molecule has 0 aliphatic carbocycles. The zero-order chi connectivity index (χ0) is 29.4. The molecule has 0 aliphatic heterocycles. The highest BCUT2D eigenvalue weighted by atomic mass is 35.5. The minimum Gasteiger partial charge on any atom is -0.354 e. The molecule has 0 heterocycles. The molecule has 2 amide bonds. The smallest absolute Gasteiger partial charge is 0.264 e. The first-order valence-corrected chi connectivity index (χ1v) is 15.3. The molecule has 7 nitrogen and oxygen atoms in total. The number of sulfonamides is 1. The van der Waals surface area contributed by atoms with Crippen molar-refractivity contribution in [3.05, 3.63) is 94.0 Å². The van der Waals surface area contributed by atoms with Gasteiger partial charge in [0, 0.05) is 18.1 Å². The molecular formula is C30H35Cl2N3O4S. The molecule has 0 fully saturated rings. The highest BCUT2D eigenvalue weighted by molar-refractivity contribution is 7.92. The summed E-state index contributed by atoms with van der Waals surface area (Å²) in [6.45, 7) is 7.51. The number of hydrogen-bond acceptors (Lipinski definition) is 4. The summed E-state index contributed by atoms with van der Waals surface area (Å²) < 4.78 is 28.8. The molecule has 0 bridgehead atoms. The van der Waals surface area contributed by atoms with Gasteiger partial charge in [0.25, 0.3) is 10.0 Å². The number of para-hydroxylation sites is 1. The van der Waals surface area contributed by atoms with Crippen molar-refractivity contribution in [3.63, 3.8) is 0 Å². The normalized spacial score (nSPS) is 12.2. The van der Waals surface area contributed by atoms with Crippen molar-refractivity contribution in [2.45, 2.75) is 51.6 Å². The number of rotatable bonds is 12. The van der Waals surface area contributed by atoms with Crippen molar-refractivity contribution in [2.24, 2.45) is 5.92 Å². The molecule has 40 heavy (non-hydrogen) atoms. The van der Waals surface area contributed by atoms with Gasteiger partial charge in [-0.1, -0.05) is 92.0 Å². The Morgan fingerprint density at radius 1 is 0.900 bits per heavy atom. The average Bonchev–Trinajstić information content (AvgIpc) is 2.92. The van der Waals surface area contributed by atoms with Crippen LogP contribution < -0.4 is 9.62 Å². The lowest BCUT2D eigenvalue weighted by atomic mass is 10.1. The molecule has 1 N–H and O–H groups in total. The van der Waals surface area contributed by atoms with E-state index in [0.717, 1.165) is 9.87 Å². The van der Waals surface area contributed by atoms with Crippen LogP contribution in [0.1, 0.15) is 38.3 Å². The Morgan fingerprint density at radius 2 is 1.50 bits per heavy atom. The van der Waals surface area contributed by atoms with E-state index in [1.54, 1.807) is 67.6 Å². The van der Waals surface area contributed by atoms with Crippen molar-refractivity contribution in [3.8, 4) is 0 Å². The van der Waals surface area contributed by atoms with Gasteiger partial charge >= 0.3 is 0 Å². The van der Waals surface area contributed by atoms with Crippen LogP contribution in [0.4, 0.5) is 5.69 Å². The first kappa shape index (κ1) is 31.5. The molecular weight excluding hydrogens is 569 g/mol. The third kappa shape index (κ3) is 7.77. The van der Waals surface area contributed by atoms with Crippen LogP contribution in [0.5, 0.6) is 0 Å². The van der Waals surface area contributed by atoms with Gasteiger partial charge in [0.1, 0.15) is 12.6 Å². The maximum absolute atomic E-state index is 14.1. The molecule has 3 aromatic rings. The summed E-state index contributed by atoms with van der Waals surface area (Å²) >= 11 is 12.9. The fourth-order valence-electron chi connectivity index (χ4n) is 4.16. The van der Waals surface area contributed by atoms with Crippen molar-refractivity contribution < 1.29 is 18.0 Å². The van der Waals surface area contributed by atoms with Crippen LogP contribution in [-0.2, 0) is 26.2 Å². The Morgan fingerprint density at radius 3 is 2.08 bits per heavy atom. The third-order valence-corrected chi connectivity index (χ3v) is 8.84. The average molecular weight is 605 g/mol. The van der Waals surface area contributed by atoms with Crippen LogP contribution >= 0.6 is 23.2 Å². The van der Waals surface area contributed by atoms with Crippen molar-refractivity contribution >= 4 is 50.7 Å². The SMILES string of the molecule is CCC(C(=O)NCC(C)C)N(Cc1ccccc1Cl)C(=O)CN(c1ccccc1Cl)S(=O)(=O)c1ccc(C)cc1. The second-order valence-corrected chi connectivity index (χ2v) is 12.6. The van der Waals surface area contributed by atoms with E-state index in [1.807, 2.05) is 20.8 Å². The molecule has 3 rings (SSSR count).